The van der Waals surface area contributed by atoms with E-state index in [9.17, 15) is 14.3 Å². The molecule has 2 aromatic carbocycles. The molecule has 1 heterocycles. The first-order chi connectivity index (χ1) is 13.7. The normalized spacial score (nSPS) is 21.1. The zero-order chi connectivity index (χ0) is 21.2. The van der Waals surface area contributed by atoms with Crippen molar-refractivity contribution in [1.29, 1.82) is 0 Å². The number of amides is 1. The maximum atomic E-state index is 13.4. The second-order valence-corrected chi connectivity index (χ2v) is 8.65. The number of hydrogen-bond donors (Lipinski definition) is 1. The molecule has 154 valence electrons. The summed E-state index contributed by atoms with van der Waals surface area (Å²) in [5, 5.41) is 10.1. The molecule has 0 bridgehead atoms. The number of hydrogen-bond acceptors (Lipinski definition) is 2. The van der Waals surface area contributed by atoms with Gasteiger partial charge in [-0.05, 0) is 62.4 Å². The fourth-order valence-electron chi connectivity index (χ4n) is 4.32. The van der Waals surface area contributed by atoms with Gasteiger partial charge >= 0.3 is 0 Å². The Hall–Kier alpha value is -2.46. The summed E-state index contributed by atoms with van der Waals surface area (Å²) in [6.07, 6.45) is 3.73. The lowest BCUT2D eigenvalue weighted by molar-refractivity contribution is -0.138. The SMILES string of the molecule is C=CC[C@]1(c2ccc(F)cc2)CCN([C@@H](C)c2ccc(C(C)(C)O)cc2)C(=O)C1. The molecule has 0 aromatic heterocycles. The van der Waals surface area contributed by atoms with E-state index in [0.717, 1.165) is 23.1 Å². The van der Waals surface area contributed by atoms with E-state index < -0.39 is 5.60 Å². The van der Waals surface area contributed by atoms with E-state index in [1.807, 2.05) is 42.2 Å². The fourth-order valence-corrected chi connectivity index (χ4v) is 4.32. The molecule has 3 nitrogen and oxygen atoms in total. The van der Waals surface area contributed by atoms with Crippen LogP contribution in [0, 0.1) is 5.82 Å². The van der Waals surface area contributed by atoms with Crippen molar-refractivity contribution in [3.05, 3.63) is 83.7 Å². The Morgan fingerprint density at radius 2 is 1.83 bits per heavy atom. The molecule has 0 saturated carbocycles. The minimum Gasteiger partial charge on any atom is -0.386 e. The number of aliphatic hydroxyl groups is 1. The number of carbonyl (C=O) groups is 1. The predicted octanol–water partition coefficient (Wildman–Crippen LogP) is 5.25. The third-order valence-electron chi connectivity index (χ3n) is 6.20. The van der Waals surface area contributed by atoms with Gasteiger partial charge in [-0.1, -0.05) is 42.5 Å². The molecule has 2 atom stereocenters. The molecule has 0 radical (unpaired) electrons. The van der Waals surface area contributed by atoms with Crippen molar-refractivity contribution in [2.75, 3.05) is 6.54 Å². The first kappa shape index (κ1) is 21.3. The second kappa shape index (κ2) is 8.11. The molecule has 4 heteroatoms. The summed E-state index contributed by atoms with van der Waals surface area (Å²) in [6.45, 7) is 10.1. The smallest absolute Gasteiger partial charge is 0.223 e. The van der Waals surface area contributed by atoms with E-state index in [2.05, 4.69) is 6.58 Å². The van der Waals surface area contributed by atoms with Gasteiger partial charge in [-0.3, -0.25) is 4.79 Å². The lowest BCUT2D eigenvalue weighted by Crippen LogP contribution is -2.47. The number of carbonyl (C=O) groups excluding carboxylic acids is 1. The minimum atomic E-state index is -0.887. The molecule has 1 aliphatic rings. The quantitative estimate of drug-likeness (QED) is 0.679. The molecule has 1 N–H and O–H groups in total. The van der Waals surface area contributed by atoms with Crippen LogP contribution in [0.2, 0.25) is 0 Å². The molecule has 0 spiro atoms. The van der Waals surface area contributed by atoms with Crippen LogP contribution in [0.15, 0.2) is 61.2 Å². The van der Waals surface area contributed by atoms with Crippen molar-refractivity contribution in [3.63, 3.8) is 0 Å². The summed E-state index contributed by atoms with van der Waals surface area (Å²) < 4.78 is 13.4. The Bertz CT molecular complexity index is 867. The lowest BCUT2D eigenvalue weighted by Gasteiger charge is -2.43. The van der Waals surface area contributed by atoms with Gasteiger partial charge in [-0.2, -0.15) is 0 Å². The Labute approximate surface area is 172 Å². The van der Waals surface area contributed by atoms with Crippen molar-refractivity contribution in [3.8, 4) is 0 Å². The van der Waals surface area contributed by atoms with Crippen molar-refractivity contribution in [2.45, 2.75) is 57.1 Å². The van der Waals surface area contributed by atoms with Crippen LogP contribution in [-0.2, 0) is 15.8 Å². The summed E-state index contributed by atoms with van der Waals surface area (Å²) in [5.74, 6) is -0.170. The molecule has 0 aliphatic carbocycles. The van der Waals surface area contributed by atoms with Crippen LogP contribution in [0.1, 0.15) is 62.8 Å². The summed E-state index contributed by atoms with van der Waals surface area (Å²) in [6, 6.07) is 14.3. The molecule has 1 saturated heterocycles. The zero-order valence-electron chi connectivity index (χ0n) is 17.5. The molecule has 29 heavy (non-hydrogen) atoms. The van der Waals surface area contributed by atoms with E-state index in [1.54, 1.807) is 26.0 Å². The van der Waals surface area contributed by atoms with Crippen LogP contribution in [0.5, 0.6) is 0 Å². The molecular formula is C25H30FNO2. The monoisotopic (exact) mass is 395 g/mol. The summed E-state index contributed by atoms with van der Waals surface area (Å²) in [4.78, 5) is 15.1. The van der Waals surface area contributed by atoms with Crippen LogP contribution in [-0.4, -0.2) is 22.5 Å². The van der Waals surface area contributed by atoms with Crippen LogP contribution in [0.4, 0.5) is 4.39 Å². The van der Waals surface area contributed by atoms with E-state index in [1.165, 1.54) is 12.1 Å². The molecule has 1 amide bonds. The molecule has 1 fully saturated rings. The molecule has 1 aliphatic heterocycles. The number of benzene rings is 2. The van der Waals surface area contributed by atoms with Gasteiger partial charge in [0.05, 0.1) is 11.6 Å². The first-order valence-corrected chi connectivity index (χ1v) is 10.2. The highest BCUT2D eigenvalue weighted by Gasteiger charge is 2.40. The second-order valence-electron chi connectivity index (χ2n) is 8.65. The van der Waals surface area contributed by atoms with E-state index in [-0.39, 0.29) is 23.2 Å². The van der Waals surface area contributed by atoms with Crippen LogP contribution in [0.25, 0.3) is 0 Å². The minimum absolute atomic E-state index is 0.0479. The summed E-state index contributed by atoms with van der Waals surface area (Å²) >= 11 is 0. The number of rotatable bonds is 6. The molecule has 3 rings (SSSR count). The van der Waals surface area contributed by atoms with Crippen molar-refractivity contribution in [2.24, 2.45) is 0 Å². The van der Waals surface area contributed by atoms with Crippen LogP contribution >= 0.6 is 0 Å². The Morgan fingerprint density at radius 1 is 1.21 bits per heavy atom. The maximum Gasteiger partial charge on any atom is 0.223 e. The number of allylic oxidation sites excluding steroid dienone is 1. The third kappa shape index (κ3) is 4.43. The van der Waals surface area contributed by atoms with Crippen LogP contribution in [0.3, 0.4) is 0 Å². The Kier molecular flexibility index (Phi) is 5.95. The average molecular weight is 396 g/mol. The average Bonchev–Trinajstić information content (AvgIpc) is 2.68. The van der Waals surface area contributed by atoms with Gasteiger partial charge in [-0.15, -0.1) is 6.58 Å². The topological polar surface area (TPSA) is 40.5 Å². The van der Waals surface area contributed by atoms with Gasteiger partial charge in [0.2, 0.25) is 5.91 Å². The number of piperidine rings is 1. The zero-order valence-corrected chi connectivity index (χ0v) is 17.5. The first-order valence-electron chi connectivity index (χ1n) is 10.2. The van der Waals surface area contributed by atoms with E-state index in [4.69, 9.17) is 0 Å². The van der Waals surface area contributed by atoms with Gasteiger partial charge in [0.15, 0.2) is 0 Å². The highest BCUT2D eigenvalue weighted by molar-refractivity contribution is 5.79. The van der Waals surface area contributed by atoms with Gasteiger partial charge in [0.25, 0.3) is 0 Å². The Balaban J connectivity index is 1.80. The number of halogens is 1. The van der Waals surface area contributed by atoms with Gasteiger partial charge in [-0.25, -0.2) is 4.39 Å². The predicted molar refractivity (Wildman–Crippen MR) is 114 cm³/mol. The highest BCUT2D eigenvalue weighted by atomic mass is 19.1. The molecule has 0 unspecified atom stereocenters. The molecular weight excluding hydrogens is 365 g/mol. The standard InChI is InChI=1S/C25H30FNO2/c1-5-14-25(21-10-12-22(26)13-11-21)15-16-27(23(28)17-25)18(2)19-6-8-20(9-7-19)24(3,4)29/h5-13,18,29H,1,14-17H2,2-4H3/t18-,25-/m0/s1. The van der Waals surface area contributed by atoms with Crippen molar-refractivity contribution >= 4 is 5.91 Å². The van der Waals surface area contributed by atoms with Gasteiger partial charge in [0.1, 0.15) is 5.82 Å². The third-order valence-corrected chi connectivity index (χ3v) is 6.20. The van der Waals surface area contributed by atoms with E-state index in [0.29, 0.717) is 19.4 Å². The maximum absolute atomic E-state index is 13.4. The lowest BCUT2D eigenvalue weighted by atomic mass is 9.70. The van der Waals surface area contributed by atoms with Gasteiger partial charge < -0.3 is 10.0 Å². The highest BCUT2D eigenvalue weighted by Crippen LogP contribution is 2.41. The Morgan fingerprint density at radius 3 is 2.34 bits per heavy atom. The van der Waals surface area contributed by atoms with Crippen molar-refractivity contribution in [1.82, 2.24) is 4.90 Å². The molecule has 2 aromatic rings. The van der Waals surface area contributed by atoms with Crippen LogP contribution < -0.4 is 0 Å². The van der Waals surface area contributed by atoms with E-state index >= 15 is 0 Å². The van der Waals surface area contributed by atoms with Gasteiger partial charge in [0, 0.05) is 18.4 Å². The van der Waals surface area contributed by atoms with Crippen molar-refractivity contribution < 1.29 is 14.3 Å². The largest absolute Gasteiger partial charge is 0.386 e. The summed E-state index contributed by atoms with van der Waals surface area (Å²) in [7, 11) is 0. The number of nitrogens with zero attached hydrogens (tertiary/aromatic N) is 1. The fraction of sp³-hybridized carbons (Fsp3) is 0.400. The summed E-state index contributed by atoms with van der Waals surface area (Å²) in [5.41, 5.74) is 1.67. The number of likely N-dealkylation sites (tertiary alicyclic amines) is 1.